The van der Waals surface area contributed by atoms with Crippen molar-refractivity contribution in [3.63, 3.8) is 0 Å². The van der Waals surface area contributed by atoms with Crippen LogP contribution in [0.1, 0.15) is 32.6 Å². The summed E-state index contributed by atoms with van der Waals surface area (Å²) in [6.45, 7) is 9.22. The largest absolute Gasteiger partial charge is 0.336 e. The van der Waals surface area contributed by atoms with Gasteiger partial charge in [-0.2, -0.15) is 4.31 Å². The first-order valence-corrected chi connectivity index (χ1v) is 10.6. The van der Waals surface area contributed by atoms with Crippen LogP contribution in [0.4, 0.5) is 0 Å². The van der Waals surface area contributed by atoms with Crippen LogP contribution in [0, 0.1) is 27.7 Å². The fourth-order valence-corrected chi connectivity index (χ4v) is 4.89. The third-order valence-electron chi connectivity index (χ3n) is 5.25. The highest BCUT2D eigenvalue weighted by atomic mass is 32.2. The second kappa shape index (κ2) is 7.44. The third-order valence-corrected chi connectivity index (χ3v) is 7.15. The quantitative estimate of drug-likeness (QED) is 0.815. The molecule has 6 heteroatoms. The van der Waals surface area contributed by atoms with Crippen molar-refractivity contribution < 1.29 is 13.2 Å². The molecule has 0 saturated carbocycles. The lowest BCUT2D eigenvalue weighted by Crippen LogP contribution is -2.50. The zero-order valence-electron chi connectivity index (χ0n) is 16.3. The minimum atomic E-state index is -3.53. The summed E-state index contributed by atoms with van der Waals surface area (Å²) in [4.78, 5) is 14.9. The van der Waals surface area contributed by atoms with Crippen LogP contribution >= 0.6 is 0 Å². The molecule has 2 aromatic rings. The number of hydrogen-bond donors (Lipinski definition) is 0. The minimum absolute atomic E-state index is 0.0317. The van der Waals surface area contributed by atoms with E-state index >= 15 is 0 Å². The molecule has 27 heavy (non-hydrogen) atoms. The lowest BCUT2D eigenvalue weighted by Gasteiger charge is -2.34. The molecule has 3 rings (SSSR count). The number of carbonyl (C=O) groups excluding carboxylic acids is 1. The van der Waals surface area contributed by atoms with Crippen LogP contribution in [-0.2, 0) is 10.0 Å². The molecule has 0 atom stereocenters. The molecule has 2 aromatic carbocycles. The number of piperazine rings is 1. The van der Waals surface area contributed by atoms with E-state index in [2.05, 4.69) is 0 Å². The number of rotatable bonds is 3. The van der Waals surface area contributed by atoms with E-state index in [4.69, 9.17) is 0 Å². The van der Waals surface area contributed by atoms with E-state index < -0.39 is 10.0 Å². The summed E-state index contributed by atoms with van der Waals surface area (Å²) in [5.41, 5.74) is 4.78. The molecule has 1 amide bonds. The van der Waals surface area contributed by atoms with Gasteiger partial charge in [0.25, 0.3) is 5.91 Å². The molecule has 1 aliphatic heterocycles. The number of hydrogen-bond acceptors (Lipinski definition) is 3. The van der Waals surface area contributed by atoms with Crippen LogP contribution in [0.5, 0.6) is 0 Å². The van der Waals surface area contributed by atoms with Crippen LogP contribution in [0.2, 0.25) is 0 Å². The second-order valence-corrected chi connectivity index (χ2v) is 9.20. The van der Waals surface area contributed by atoms with E-state index in [0.29, 0.717) is 36.6 Å². The molecule has 5 nitrogen and oxygen atoms in total. The Morgan fingerprint density at radius 2 is 1.48 bits per heavy atom. The maximum atomic E-state index is 12.9. The van der Waals surface area contributed by atoms with E-state index in [1.54, 1.807) is 17.0 Å². The molecule has 1 saturated heterocycles. The van der Waals surface area contributed by atoms with Crippen molar-refractivity contribution in [3.05, 3.63) is 64.2 Å². The van der Waals surface area contributed by atoms with Gasteiger partial charge in [-0.1, -0.05) is 23.8 Å². The molecule has 1 aliphatic rings. The highest BCUT2D eigenvalue weighted by molar-refractivity contribution is 7.89. The summed E-state index contributed by atoms with van der Waals surface area (Å²) in [7, 11) is -3.53. The van der Waals surface area contributed by atoms with E-state index in [0.717, 1.165) is 22.3 Å². The molecule has 0 spiro atoms. The lowest BCUT2D eigenvalue weighted by atomic mass is 10.0. The van der Waals surface area contributed by atoms with Gasteiger partial charge < -0.3 is 4.90 Å². The fourth-order valence-electron chi connectivity index (χ4n) is 3.38. The molecule has 1 heterocycles. The first-order chi connectivity index (χ1) is 12.7. The first-order valence-electron chi connectivity index (χ1n) is 9.14. The van der Waals surface area contributed by atoms with E-state index in [1.165, 1.54) is 4.31 Å². The van der Waals surface area contributed by atoms with Gasteiger partial charge in [-0.05, 0) is 62.6 Å². The molecule has 0 aliphatic carbocycles. The maximum Gasteiger partial charge on any atom is 0.254 e. The van der Waals surface area contributed by atoms with E-state index in [1.807, 2.05) is 52.0 Å². The molecule has 1 fully saturated rings. The Hall–Kier alpha value is -2.18. The van der Waals surface area contributed by atoms with Crippen molar-refractivity contribution >= 4 is 15.9 Å². The number of benzene rings is 2. The average molecular weight is 387 g/mol. The van der Waals surface area contributed by atoms with Gasteiger partial charge in [0.1, 0.15) is 0 Å². The zero-order chi connectivity index (χ0) is 19.8. The normalized spacial score (nSPS) is 15.8. The molecule has 0 aromatic heterocycles. The van der Waals surface area contributed by atoms with Crippen molar-refractivity contribution in [1.82, 2.24) is 9.21 Å². The van der Waals surface area contributed by atoms with Gasteiger partial charge in [-0.15, -0.1) is 0 Å². The van der Waals surface area contributed by atoms with Gasteiger partial charge in [-0.25, -0.2) is 8.42 Å². The lowest BCUT2D eigenvalue weighted by molar-refractivity contribution is 0.0697. The van der Waals surface area contributed by atoms with Crippen LogP contribution in [0.15, 0.2) is 41.3 Å². The van der Waals surface area contributed by atoms with Gasteiger partial charge >= 0.3 is 0 Å². The number of amides is 1. The van der Waals surface area contributed by atoms with Crippen LogP contribution in [0.3, 0.4) is 0 Å². The molecule has 0 bridgehead atoms. The summed E-state index contributed by atoms with van der Waals surface area (Å²) in [6, 6.07) is 11.0. The summed E-state index contributed by atoms with van der Waals surface area (Å²) >= 11 is 0. The predicted octanol–water partition coefficient (Wildman–Crippen LogP) is 3.07. The Labute approximate surface area is 161 Å². The first kappa shape index (κ1) is 19.6. The zero-order valence-corrected chi connectivity index (χ0v) is 17.1. The monoisotopic (exact) mass is 386 g/mol. The van der Waals surface area contributed by atoms with Gasteiger partial charge in [0.2, 0.25) is 10.0 Å². The highest BCUT2D eigenvalue weighted by Gasteiger charge is 2.30. The van der Waals surface area contributed by atoms with Crippen molar-refractivity contribution in [2.24, 2.45) is 0 Å². The Bertz CT molecular complexity index is 975. The Morgan fingerprint density at radius 1 is 0.815 bits per heavy atom. The summed E-state index contributed by atoms with van der Waals surface area (Å²) in [6.07, 6.45) is 0. The van der Waals surface area contributed by atoms with Crippen molar-refractivity contribution in [1.29, 1.82) is 0 Å². The molecule has 0 radical (unpaired) electrons. The Morgan fingerprint density at radius 3 is 2.07 bits per heavy atom. The van der Waals surface area contributed by atoms with Crippen LogP contribution in [-0.4, -0.2) is 49.7 Å². The molecule has 144 valence electrons. The topological polar surface area (TPSA) is 57.7 Å². The van der Waals surface area contributed by atoms with Crippen LogP contribution < -0.4 is 0 Å². The predicted molar refractivity (Wildman–Crippen MR) is 106 cm³/mol. The molecular weight excluding hydrogens is 360 g/mol. The van der Waals surface area contributed by atoms with E-state index in [9.17, 15) is 13.2 Å². The minimum Gasteiger partial charge on any atom is -0.336 e. The van der Waals surface area contributed by atoms with Crippen molar-refractivity contribution in [2.45, 2.75) is 32.6 Å². The van der Waals surface area contributed by atoms with Gasteiger partial charge in [0.05, 0.1) is 4.90 Å². The second-order valence-electron chi connectivity index (χ2n) is 7.26. The highest BCUT2D eigenvalue weighted by Crippen LogP contribution is 2.21. The summed E-state index contributed by atoms with van der Waals surface area (Å²) < 4.78 is 27.3. The van der Waals surface area contributed by atoms with Crippen LogP contribution in [0.25, 0.3) is 0 Å². The van der Waals surface area contributed by atoms with Gasteiger partial charge in [0, 0.05) is 31.7 Å². The summed E-state index contributed by atoms with van der Waals surface area (Å²) in [5.74, 6) is -0.0317. The standard InChI is InChI=1S/C21H26N2O3S/c1-15-5-8-20(18(4)13-15)21(24)22-9-11-23(12-10-22)27(25,26)19-7-6-16(2)17(3)14-19/h5-8,13-14H,9-12H2,1-4H3. The Kier molecular flexibility index (Phi) is 5.40. The maximum absolute atomic E-state index is 12.9. The number of aryl methyl sites for hydroxylation is 4. The smallest absolute Gasteiger partial charge is 0.254 e. The third kappa shape index (κ3) is 3.92. The van der Waals surface area contributed by atoms with E-state index in [-0.39, 0.29) is 5.91 Å². The molecular formula is C21H26N2O3S. The number of sulfonamides is 1. The number of nitrogens with zero attached hydrogens (tertiary/aromatic N) is 2. The molecule has 0 unspecified atom stereocenters. The van der Waals surface area contributed by atoms with Gasteiger partial charge in [0.15, 0.2) is 0 Å². The molecule has 0 N–H and O–H groups in total. The SMILES string of the molecule is Cc1ccc(C(=O)N2CCN(S(=O)(=O)c3ccc(C)c(C)c3)CC2)c(C)c1. The van der Waals surface area contributed by atoms with Crippen molar-refractivity contribution in [3.8, 4) is 0 Å². The van der Waals surface area contributed by atoms with Gasteiger partial charge in [-0.3, -0.25) is 4.79 Å². The van der Waals surface area contributed by atoms with Crippen molar-refractivity contribution in [2.75, 3.05) is 26.2 Å². The average Bonchev–Trinajstić information content (AvgIpc) is 2.63. The fraction of sp³-hybridized carbons (Fsp3) is 0.381. The number of carbonyl (C=O) groups is 1. The Balaban J connectivity index is 1.72. The summed E-state index contributed by atoms with van der Waals surface area (Å²) in [5, 5.41) is 0.